The molecule has 5 heteroatoms. The van der Waals surface area contributed by atoms with Crippen molar-refractivity contribution < 1.29 is 9.59 Å². The van der Waals surface area contributed by atoms with Crippen LogP contribution in [0.2, 0.25) is 0 Å². The van der Waals surface area contributed by atoms with E-state index in [1.807, 2.05) is 34.1 Å². The first-order valence-corrected chi connectivity index (χ1v) is 8.73. The smallest absolute Gasteiger partial charge is 0.253 e. The molecule has 1 saturated heterocycles. The van der Waals surface area contributed by atoms with Gasteiger partial charge in [0, 0.05) is 42.6 Å². The van der Waals surface area contributed by atoms with Gasteiger partial charge >= 0.3 is 0 Å². The van der Waals surface area contributed by atoms with E-state index in [1.165, 1.54) is 0 Å². The highest BCUT2D eigenvalue weighted by molar-refractivity contribution is 9.10. The molecule has 0 N–H and O–H groups in total. The number of carbonyl (C=O) groups excluding carboxylic acids is 2. The third kappa shape index (κ3) is 4.57. The summed E-state index contributed by atoms with van der Waals surface area (Å²) in [7, 11) is 0. The number of amides is 2. The number of rotatable bonds is 4. The second-order valence-corrected chi connectivity index (χ2v) is 6.56. The van der Waals surface area contributed by atoms with Crippen LogP contribution in [0.3, 0.4) is 0 Å². The molecule has 120 valence electrons. The lowest BCUT2D eigenvalue weighted by Crippen LogP contribution is -2.37. The summed E-state index contributed by atoms with van der Waals surface area (Å²) in [6.07, 6.45) is 3.44. The fourth-order valence-corrected chi connectivity index (χ4v) is 3.06. The molecule has 1 aromatic carbocycles. The molecule has 4 nitrogen and oxygen atoms in total. The van der Waals surface area contributed by atoms with Crippen molar-refractivity contribution in [2.75, 3.05) is 26.2 Å². The summed E-state index contributed by atoms with van der Waals surface area (Å²) < 4.78 is 0.907. The fraction of sp³-hybridized carbons (Fsp3) is 0.529. The van der Waals surface area contributed by atoms with Crippen LogP contribution in [0.15, 0.2) is 28.7 Å². The van der Waals surface area contributed by atoms with Gasteiger partial charge in [-0.3, -0.25) is 9.59 Å². The van der Waals surface area contributed by atoms with Gasteiger partial charge in [0.25, 0.3) is 5.91 Å². The van der Waals surface area contributed by atoms with Gasteiger partial charge in [-0.15, -0.1) is 0 Å². The standard InChI is InChI=1S/C17H23BrN2O2/c1-2-3-8-16(21)19-9-5-10-20(12-11-19)17(22)14-6-4-7-15(18)13-14/h4,6-7,13H,2-3,5,8-12H2,1H3. The topological polar surface area (TPSA) is 40.6 Å². The number of carbonyl (C=O) groups is 2. The van der Waals surface area contributed by atoms with Gasteiger partial charge < -0.3 is 9.80 Å². The fourth-order valence-electron chi connectivity index (χ4n) is 2.66. The van der Waals surface area contributed by atoms with Crippen LogP contribution in [0.5, 0.6) is 0 Å². The lowest BCUT2D eigenvalue weighted by molar-refractivity contribution is -0.131. The van der Waals surface area contributed by atoms with E-state index >= 15 is 0 Å². The summed E-state index contributed by atoms with van der Waals surface area (Å²) in [5.41, 5.74) is 0.695. The maximum absolute atomic E-state index is 12.6. The van der Waals surface area contributed by atoms with Crippen LogP contribution in [0.4, 0.5) is 0 Å². The van der Waals surface area contributed by atoms with Gasteiger partial charge in [0.05, 0.1) is 0 Å². The van der Waals surface area contributed by atoms with Gasteiger partial charge in [0.15, 0.2) is 0 Å². The van der Waals surface area contributed by atoms with Crippen molar-refractivity contribution in [1.29, 1.82) is 0 Å². The van der Waals surface area contributed by atoms with Crippen molar-refractivity contribution in [2.45, 2.75) is 32.6 Å². The Labute approximate surface area is 140 Å². The number of benzene rings is 1. The summed E-state index contributed by atoms with van der Waals surface area (Å²) in [5, 5.41) is 0. The van der Waals surface area contributed by atoms with Crippen molar-refractivity contribution in [3.8, 4) is 0 Å². The molecule has 22 heavy (non-hydrogen) atoms. The van der Waals surface area contributed by atoms with Gasteiger partial charge in [0.1, 0.15) is 0 Å². The average Bonchev–Trinajstić information content (AvgIpc) is 2.78. The largest absolute Gasteiger partial charge is 0.341 e. The number of unbranched alkanes of at least 4 members (excludes halogenated alkanes) is 1. The molecule has 1 aliphatic rings. The molecule has 1 aliphatic heterocycles. The van der Waals surface area contributed by atoms with Crippen LogP contribution in [0.25, 0.3) is 0 Å². The number of hydrogen-bond acceptors (Lipinski definition) is 2. The molecule has 1 fully saturated rings. The summed E-state index contributed by atoms with van der Waals surface area (Å²) in [5.74, 6) is 0.266. The Bertz CT molecular complexity index is 533. The highest BCUT2D eigenvalue weighted by Gasteiger charge is 2.22. The predicted molar refractivity (Wildman–Crippen MR) is 90.8 cm³/mol. The van der Waals surface area contributed by atoms with Crippen LogP contribution in [-0.4, -0.2) is 47.8 Å². The van der Waals surface area contributed by atoms with Crippen molar-refractivity contribution >= 4 is 27.7 Å². The van der Waals surface area contributed by atoms with E-state index in [0.717, 1.165) is 30.3 Å². The molecule has 2 amide bonds. The Hall–Kier alpha value is -1.36. The monoisotopic (exact) mass is 366 g/mol. The second-order valence-electron chi connectivity index (χ2n) is 5.64. The number of nitrogens with zero attached hydrogens (tertiary/aromatic N) is 2. The summed E-state index contributed by atoms with van der Waals surface area (Å²) in [4.78, 5) is 28.4. The van der Waals surface area contributed by atoms with Crippen LogP contribution in [0, 0.1) is 0 Å². The van der Waals surface area contributed by atoms with Crippen LogP contribution < -0.4 is 0 Å². The van der Waals surface area contributed by atoms with Crippen LogP contribution in [0.1, 0.15) is 43.0 Å². The molecular weight excluding hydrogens is 344 g/mol. The summed E-state index contributed by atoms with van der Waals surface area (Å²) in [6, 6.07) is 7.46. The minimum Gasteiger partial charge on any atom is -0.341 e. The minimum atomic E-state index is 0.0455. The first-order chi connectivity index (χ1) is 10.6. The molecule has 1 heterocycles. The molecule has 0 bridgehead atoms. The zero-order valence-electron chi connectivity index (χ0n) is 13.1. The first-order valence-electron chi connectivity index (χ1n) is 7.94. The molecule has 0 unspecified atom stereocenters. The molecule has 2 rings (SSSR count). The zero-order valence-corrected chi connectivity index (χ0v) is 14.6. The van der Waals surface area contributed by atoms with E-state index in [0.29, 0.717) is 31.6 Å². The first kappa shape index (κ1) is 17.0. The number of hydrogen-bond donors (Lipinski definition) is 0. The van der Waals surface area contributed by atoms with Crippen LogP contribution in [-0.2, 0) is 4.79 Å². The van der Waals surface area contributed by atoms with Crippen molar-refractivity contribution in [2.24, 2.45) is 0 Å². The summed E-state index contributed by atoms with van der Waals surface area (Å²) >= 11 is 3.40. The lowest BCUT2D eigenvalue weighted by Gasteiger charge is -2.22. The molecule has 0 aromatic heterocycles. The molecule has 0 aliphatic carbocycles. The van der Waals surface area contributed by atoms with E-state index in [1.54, 1.807) is 0 Å². The molecule has 0 radical (unpaired) electrons. The normalized spacial score (nSPS) is 15.5. The summed E-state index contributed by atoms with van der Waals surface area (Å²) in [6.45, 7) is 4.81. The van der Waals surface area contributed by atoms with Gasteiger partial charge in [0.2, 0.25) is 5.91 Å². The van der Waals surface area contributed by atoms with Gasteiger partial charge in [-0.25, -0.2) is 0 Å². The number of halogens is 1. The van der Waals surface area contributed by atoms with Crippen LogP contribution >= 0.6 is 15.9 Å². The highest BCUT2D eigenvalue weighted by atomic mass is 79.9. The Morgan fingerprint density at radius 3 is 2.59 bits per heavy atom. The predicted octanol–water partition coefficient (Wildman–Crippen LogP) is 3.31. The lowest BCUT2D eigenvalue weighted by atomic mass is 10.2. The van der Waals surface area contributed by atoms with E-state index in [-0.39, 0.29) is 11.8 Å². The molecule has 0 saturated carbocycles. The molecular formula is C17H23BrN2O2. The Morgan fingerprint density at radius 2 is 1.86 bits per heavy atom. The van der Waals surface area contributed by atoms with E-state index in [9.17, 15) is 9.59 Å². The van der Waals surface area contributed by atoms with Gasteiger partial charge in [-0.2, -0.15) is 0 Å². The molecule has 0 atom stereocenters. The quantitative estimate of drug-likeness (QED) is 0.819. The molecule has 0 spiro atoms. The SMILES string of the molecule is CCCCC(=O)N1CCCN(C(=O)c2cccc(Br)c2)CC1. The third-order valence-corrected chi connectivity index (χ3v) is 4.44. The third-order valence-electron chi connectivity index (χ3n) is 3.95. The van der Waals surface area contributed by atoms with Crippen molar-refractivity contribution in [3.05, 3.63) is 34.3 Å². The Morgan fingerprint density at radius 1 is 1.14 bits per heavy atom. The minimum absolute atomic E-state index is 0.0455. The molecule has 1 aromatic rings. The maximum atomic E-state index is 12.6. The van der Waals surface area contributed by atoms with E-state index in [4.69, 9.17) is 0 Å². The Balaban J connectivity index is 1.95. The van der Waals surface area contributed by atoms with Gasteiger partial charge in [-0.1, -0.05) is 35.3 Å². The van der Waals surface area contributed by atoms with Crippen molar-refractivity contribution in [1.82, 2.24) is 9.80 Å². The zero-order chi connectivity index (χ0) is 15.9. The Kier molecular flexibility index (Phi) is 6.43. The van der Waals surface area contributed by atoms with E-state index < -0.39 is 0 Å². The average molecular weight is 367 g/mol. The van der Waals surface area contributed by atoms with Gasteiger partial charge in [-0.05, 0) is 31.0 Å². The second kappa shape index (κ2) is 8.32. The maximum Gasteiger partial charge on any atom is 0.253 e. The van der Waals surface area contributed by atoms with E-state index in [2.05, 4.69) is 22.9 Å². The highest BCUT2D eigenvalue weighted by Crippen LogP contribution is 2.15. The van der Waals surface area contributed by atoms with Crippen molar-refractivity contribution in [3.63, 3.8) is 0 Å².